The molecule has 0 heterocycles. The van der Waals surface area contributed by atoms with Gasteiger partial charge in [0, 0.05) is 23.3 Å². The molecule has 0 aliphatic heterocycles. The standard InChI is InChI=1S/C14H10O9S2/c15-7-9-2-4-12(6-13(9)24(18,19)20)23-25(21,22)14-5-11(17)3-1-10(14)8-16/h1-8,17H,(H,18,19,20). The number of aromatic hydroxyl groups is 1. The minimum atomic E-state index is -4.81. The van der Waals surface area contributed by atoms with Crippen molar-refractivity contribution in [1.29, 1.82) is 0 Å². The first-order valence-electron chi connectivity index (χ1n) is 6.38. The molecule has 2 aromatic carbocycles. The molecular weight excluding hydrogens is 376 g/mol. The van der Waals surface area contributed by atoms with E-state index in [1.54, 1.807) is 0 Å². The molecule has 132 valence electrons. The van der Waals surface area contributed by atoms with Crippen molar-refractivity contribution in [3.8, 4) is 11.5 Å². The topological polar surface area (TPSA) is 152 Å². The Morgan fingerprint density at radius 2 is 1.40 bits per heavy atom. The normalized spacial score (nSPS) is 11.7. The molecule has 9 nitrogen and oxygen atoms in total. The number of phenols is 1. The van der Waals surface area contributed by atoms with Crippen molar-refractivity contribution in [3.63, 3.8) is 0 Å². The molecule has 0 bridgehead atoms. The van der Waals surface area contributed by atoms with Crippen LogP contribution >= 0.6 is 0 Å². The Balaban J connectivity index is 2.54. The quantitative estimate of drug-likeness (QED) is 0.421. The van der Waals surface area contributed by atoms with E-state index < -0.39 is 47.1 Å². The third-order valence-corrected chi connectivity index (χ3v) is 5.20. The van der Waals surface area contributed by atoms with Gasteiger partial charge in [-0.05, 0) is 24.3 Å². The Kier molecular flexibility index (Phi) is 4.92. The first-order chi connectivity index (χ1) is 11.6. The first kappa shape index (κ1) is 18.6. The molecule has 0 unspecified atom stereocenters. The van der Waals surface area contributed by atoms with Crippen LogP contribution in [0.25, 0.3) is 0 Å². The van der Waals surface area contributed by atoms with Gasteiger partial charge in [0.1, 0.15) is 21.3 Å². The minimum absolute atomic E-state index is 0.154. The van der Waals surface area contributed by atoms with Gasteiger partial charge >= 0.3 is 10.1 Å². The average Bonchev–Trinajstić information content (AvgIpc) is 2.53. The maximum atomic E-state index is 12.3. The second-order valence-electron chi connectivity index (χ2n) is 4.67. The molecule has 11 heteroatoms. The van der Waals surface area contributed by atoms with Crippen LogP contribution < -0.4 is 4.18 Å². The van der Waals surface area contributed by atoms with Crippen LogP contribution in [0.2, 0.25) is 0 Å². The number of carbonyl (C=O) groups excluding carboxylic acids is 2. The largest absolute Gasteiger partial charge is 0.508 e. The summed E-state index contributed by atoms with van der Waals surface area (Å²) in [5.41, 5.74) is -0.699. The van der Waals surface area contributed by atoms with Gasteiger partial charge < -0.3 is 9.29 Å². The molecule has 2 aromatic rings. The van der Waals surface area contributed by atoms with E-state index in [0.29, 0.717) is 6.07 Å². The fraction of sp³-hybridized carbons (Fsp3) is 0. The van der Waals surface area contributed by atoms with Crippen LogP contribution in [0.5, 0.6) is 11.5 Å². The molecule has 2 N–H and O–H groups in total. The van der Waals surface area contributed by atoms with Gasteiger partial charge in [0.15, 0.2) is 12.6 Å². The van der Waals surface area contributed by atoms with Crippen LogP contribution in [0.4, 0.5) is 0 Å². The number of hydrogen-bond donors (Lipinski definition) is 2. The zero-order valence-electron chi connectivity index (χ0n) is 12.2. The summed E-state index contributed by atoms with van der Waals surface area (Å²) in [6.45, 7) is 0. The molecule has 0 atom stereocenters. The predicted molar refractivity (Wildman–Crippen MR) is 83.0 cm³/mol. The number of aldehydes is 2. The van der Waals surface area contributed by atoms with E-state index >= 15 is 0 Å². The lowest BCUT2D eigenvalue weighted by molar-refractivity contribution is 0.111. The van der Waals surface area contributed by atoms with Crippen LogP contribution in [0.15, 0.2) is 46.2 Å². The van der Waals surface area contributed by atoms with Crippen molar-refractivity contribution in [2.45, 2.75) is 9.79 Å². The molecule has 0 aromatic heterocycles. The maximum absolute atomic E-state index is 12.3. The summed E-state index contributed by atoms with van der Waals surface area (Å²) >= 11 is 0. The maximum Gasteiger partial charge on any atom is 0.340 e. The van der Waals surface area contributed by atoms with Gasteiger partial charge in [-0.15, -0.1) is 0 Å². The van der Waals surface area contributed by atoms with Gasteiger partial charge in [0.2, 0.25) is 0 Å². The second-order valence-corrected chi connectivity index (χ2v) is 7.57. The van der Waals surface area contributed by atoms with Gasteiger partial charge in [-0.25, -0.2) is 0 Å². The molecule has 0 saturated heterocycles. The highest BCUT2D eigenvalue weighted by molar-refractivity contribution is 7.87. The Labute approximate surface area is 142 Å². The lowest BCUT2D eigenvalue weighted by atomic mass is 10.2. The smallest absolute Gasteiger partial charge is 0.340 e. The summed E-state index contributed by atoms with van der Waals surface area (Å²) in [5.74, 6) is -0.971. The van der Waals surface area contributed by atoms with E-state index in [4.69, 9.17) is 8.74 Å². The van der Waals surface area contributed by atoms with Crippen molar-refractivity contribution < 1.29 is 40.3 Å². The number of benzene rings is 2. The Hall–Kier alpha value is -2.76. The van der Waals surface area contributed by atoms with Crippen LogP contribution in [0.3, 0.4) is 0 Å². The number of phenolic OH excluding ortho intramolecular Hbond substituents is 1. The van der Waals surface area contributed by atoms with E-state index in [1.165, 1.54) is 0 Å². The van der Waals surface area contributed by atoms with Crippen molar-refractivity contribution in [2.75, 3.05) is 0 Å². The van der Waals surface area contributed by atoms with E-state index in [-0.39, 0.29) is 18.1 Å². The summed E-state index contributed by atoms with van der Waals surface area (Å²) < 4.78 is 60.9. The zero-order valence-corrected chi connectivity index (χ0v) is 13.8. The zero-order chi connectivity index (χ0) is 18.8. The van der Waals surface area contributed by atoms with Crippen molar-refractivity contribution in [3.05, 3.63) is 47.5 Å². The van der Waals surface area contributed by atoms with Crippen LogP contribution in [0.1, 0.15) is 20.7 Å². The van der Waals surface area contributed by atoms with Gasteiger partial charge in [0.05, 0.1) is 0 Å². The lowest BCUT2D eigenvalue weighted by Crippen LogP contribution is -2.13. The summed E-state index contributed by atoms with van der Waals surface area (Å²) in [6.07, 6.45) is 0.385. The van der Waals surface area contributed by atoms with Gasteiger partial charge in [-0.1, -0.05) is 0 Å². The number of hydrogen-bond acceptors (Lipinski definition) is 8. The highest BCUT2D eigenvalue weighted by Crippen LogP contribution is 2.27. The van der Waals surface area contributed by atoms with Crippen molar-refractivity contribution in [2.24, 2.45) is 0 Å². The fourth-order valence-corrected chi connectivity index (χ4v) is 3.69. The lowest BCUT2D eigenvalue weighted by Gasteiger charge is -2.10. The molecule has 0 radical (unpaired) electrons. The summed E-state index contributed by atoms with van der Waals surface area (Å²) in [7, 11) is -9.43. The number of carbonyl (C=O) groups is 2. The summed E-state index contributed by atoms with van der Waals surface area (Å²) in [4.78, 5) is 20.3. The fourth-order valence-electron chi connectivity index (χ4n) is 1.90. The third kappa shape index (κ3) is 4.02. The molecular formula is C14H10O9S2. The van der Waals surface area contributed by atoms with Crippen LogP contribution in [0, 0.1) is 0 Å². The first-order valence-corrected chi connectivity index (χ1v) is 9.23. The summed E-state index contributed by atoms with van der Waals surface area (Å²) in [6, 6.07) is 5.49. The average molecular weight is 386 g/mol. The molecule has 0 aliphatic carbocycles. The Morgan fingerprint density at radius 1 is 0.840 bits per heavy atom. The van der Waals surface area contributed by atoms with Gasteiger partial charge in [-0.3, -0.25) is 14.1 Å². The molecule has 0 spiro atoms. The van der Waals surface area contributed by atoms with E-state index in [2.05, 4.69) is 0 Å². The van der Waals surface area contributed by atoms with Gasteiger partial charge in [-0.2, -0.15) is 16.8 Å². The molecule has 0 amide bonds. The summed E-state index contributed by atoms with van der Waals surface area (Å²) in [5, 5.41) is 9.39. The van der Waals surface area contributed by atoms with Crippen molar-refractivity contribution >= 4 is 32.8 Å². The molecule has 25 heavy (non-hydrogen) atoms. The molecule has 0 aliphatic rings. The predicted octanol–water partition coefficient (Wildman–Crippen LogP) is 1.03. The van der Waals surface area contributed by atoms with Gasteiger partial charge in [0.25, 0.3) is 10.1 Å². The minimum Gasteiger partial charge on any atom is -0.508 e. The van der Waals surface area contributed by atoms with E-state index in [0.717, 1.165) is 30.3 Å². The van der Waals surface area contributed by atoms with Crippen LogP contribution in [-0.2, 0) is 20.2 Å². The highest BCUT2D eigenvalue weighted by Gasteiger charge is 2.23. The van der Waals surface area contributed by atoms with Crippen molar-refractivity contribution in [1.82, 2.24) is 0 Å². The monoisotopic (exact) mass is 386 g/mol. The molecule has 0 fully saturated rings. The Bertz CT molecular complexity index is 1050. The molecule has 0 saturated carbocycles. The van der Waals surface area contributed by atoms with Crippen LogP contribution in [-0.4, -0.2) is 39.1 Å². The highest BCUT2D eigenvalue weighted by atomic mass is 32.2. The van der Waals surface area contributed by atoms with E-state index in [1.807, 2.05) is 0 Å². The second kappa shape index (κ2) is 6.63. The Morgan fingerprint density at radius 3 is 1.96 bits per heavy atom. The molecule has 2 rings (SSSR count). The SMILES string of the molecule is O=Cc1ccc(OS(=O)(=O)c2cc(O)ccc2C=O)cc1S(=O)(=O)O. The third-order valence-electron chi connectivity index (χ3n) is 2.99. The number of rotatable bonds is 6. The van der Waals surface area contributed by atoms with E-state index in [9.17, 15) is 31.5 Å².